The zero-order valence-corrected chi connectivity index (χ0v) is 16.4. The molecule has 1 amide bonds. The van der Waals surface area contributed by atoms with Crippen LogP contribution in [0.1, 0.15) is 29.9 Å². The molecule has 4 rings (SSSR count). The molecule has 1 saturated carbocycles. The van der Waals surface area contributed by atoms with Gasteiger partial charge in [0.05, 0.1) is 6.10 Å². The molecule has 3 atom stereocenters. The summed E-state index contributed by atoms with van der Waals surface area (Å²) in [5.41, 5.74) is 1.55. The SMILES string of the molecule is COC1CC(=O)C[C@@H](c2cccc(Cl)c2)[C@]12C(=O)Nc1cc(Br)ccc12. The van der Waals surface area contributed by atoms with Crippen molar-refractivity contribution in [1.29, 1.82) is 0 Å². The van der Waals surface area contributed by atoms with Crippen LogP contribution in [0.25, 0.3) is 0 Å². The normalized spacial score (nSPS) is 27.5. The van der Waals surface area contributed by atoms with E-state index in [-0.39, 0.29) is 30.4 Å². The number of ether oxygens (including phenoxy) is 1. The third kappa shape index (κ3) is 2.53. The molecule has 0 bridgehead atoms. The first kappa shape index (κ1) is 17.7. The Labute approximate surface area is 165 Å². The number of methoxy groups -OCH3 is 1. The van der Waals surface area contributed by atoms with Crippen LogP contribution in [0.5, 0.6) is 0 Å². The average molecular weight is 435 g/mol. The summed E-state index contributed by atoms with van der Waals surface area (Å²) in [6.45, 7) is 0. The third-order valence-corrected chi connectivity index (χ3v) is 6.22. The number of rotatable bonds is 2. The van der Waals surface area contributed by atoms with Gasteiger partial charge in [0.1, 0.15) is 11.2 Å². The van der Waals surface area contributed by atoms with Gasteiger partial charge in [-0.1, -0.05) is 45.7 Å². The highest BCUT2D eigenvalue weighted by molar-refractivity contribution is 9.10. The maximum atomic E-state index is 13.3. The minimum absolute atomic E-state index is 0.0887. The molecular formula is C20H17BrClNO3. The van der Waals surface area contributed by atoms with Gasteiger partial charge in [-0.2, -0.15) is 0 Å². The minimum atomic E-state index is -0.955. The monoisotopic (exact) mass is 433 g/mol. The van der Waals surface area contributed by atoms with Crippen LogP contribution in [0.3, 0.4) is 0 Å². The van der Waals surface area contributed by atoms with E-state index in [1.165, 1.54) is 0 Å². The maximum absolute atomic E-state index is 13.3. The Bertz CT molecular complexity index is 916. The Morgan fingerprint density at radius 2 is 2.00 bits per heavy atom. The van der Waals surface area contributed by atoms with E-state index in [1.54, 1.807) is 13.2 Å². The van der Waals surface area contributed by atoms with Crippen molar-refractivity contribution >= 4 is 44.9 Å². The molecule has 0 aromatic heterocycles. The van der Waals surface area contributed by atoms with Gasteiger partial charge in [0.15, 0.2) is 0 Å². The van der Waals surface area contributed by atoms with E-state index in [9.17, 15) is 9.59 Å². The largest absolute Gasteiger partial charge is 0.379 e. The molecule has 26 heavy (non-hydrogen) atoms. The van der Waals surface area contributed by atoms with Crippen LogP contribution in [-0.4, -0.2) is 24.9 Å². The fraction of sp³-hybridized carbons (Fsp3) is 0.300. The molecule has 1 heterocycles. The second-order valence-corrected chi connectivity index (χ2v) is 8.14. The van der Waals surface area contributed by atoms with Crippen LogP contribution in [0.4, 0.5) is 5.69 Å². The topological polar surface area (TPSA) is 55.4 Å². The number of carbonyl (C=O) groups excluding carboxylic acids is 2. The van der Waals surface area contributed by atoms with E-state index in [0.717, 1.165) is 21.3 Å². The lowest BCUT2D eigenvalue weighted by molar-refractivity contribution is -0.137. The van der Waals surface area contributed by atoms with Gasteiger partial charge in [-0.3, -0.25) is 9.59 Å². The standard InChI is InChI=1S/C20H17BrClNO3/c1-26-18-10-14(24)9-16(11-3-2-4-13(22)7-11)20(18)15-6-5-12(21)8-17(15)23-19(20)25/h2-8,16,18H,9-10H2,1H3,(H,23,25)/t16-,18?,20-/m0/s1. The van der Waals surface area contributed by atoms with Gasteiger partial charge < -0.3 is 10.1 Å². The number of nitrogens with one attached hydrogen (secondary N) is 1. The van der Waals surface area contributed by atoms with Crippen molar-refractivity contribution in [3.8, 4) is 0 Å². The molecule has 2 aromatic carbocycles. The van der Waals surface area contributed by atoms with Crippen molar-refractivity contribution in [2.24, 2.45) is 0 Å². The van der Waals surface area contributed by atoms with Crippen molar-refractivity contribution in [1.82, 2.24) is 0 Å². The van der Waals surface area contributed by atoms with E-state index in [1.807, 2.05) is 36.4 Å². The van der Waals surface area contributed by atoms with Gasteiger partial charge in [0.2, 0.25) is 5.91 Å². The summed E-state index contributed by atoms with van der Waals surface area (Å²) in [6, 6.07) is 13.1. The maximum Gasteiger partial charge on any atom is 0.238 e. The molecule has 0 saturated heterocycles. The number of carbonyl (C=O) groups is 2. The first-order valence-electron chi connectivity index (χ1n) is 8.38. The number of Topliss-reactive ketones (excluding diaryl/α,β-unsaturated/α-hetero) is 1. The summed E-state index contributed by atoms with van der Waals surface area (Å²) in [7, 11) is 1.56. The molecule has 1 aliphatic heterocycles. The summed E-state index contributed by atoms with van der Waals surface area (Å²) >= 11 is 9.65. The lowest BCUT2D eigenvalue weighted by Gasteiger charge is -2.44. The fourth-order valence-electron chi connectivity index (χ4n) is 4.43. The van der Waals surface area contributed by atoms with E-state index >= 15 is 0 Å². The Morgan fingerprint density at radius 1 is 1.19 bits per heavy atom. The van der Waals surface area contributed by atoms with E-state index in [2.05, 4.69) is 21.2 Å². The van der Waals surface area contributed by atoms with Crippen LogP contribution in [0.2, 0.25) is 5.02 Å². The van der Waals surface area contributed by atoms with Crippen molar-refractivity contribution in [2.75, 3.05) is 12.4 Å². The van der Waals surface area contributed by atoms with Crippen molar-refractivity contribution < 1.29 is 14.3 Å². The van der Waals surface area contributed by atoms with Crippen LogP contribution in [0, 0.1) is 0 Å². The average Bonchev–Trinajstić information content (AvgIpc) is 2.88. The van der Waals surface area contributed by atoms with Gasteiger partial charge >= 0.3 is 0 Å². The van der Waals surface area contributed by atoms with E-state index in [4.69, 9.17) is 16.3 Å². The number of hydrogen-bond acceptors (Lipinski definition) is 3. The molecule has 134 valence electrons. The summed E-state index contributed by atoms with van der Waals surface area (Å²) in [4.78, 5) is 25.8. The smallest absolute Gasteiger partial charge is 0.238 e. The predicted octanol–water partition coefficient (Wildman–Crippen LogP) is 4.45. The van der Waals surface area contributed by atoms with Gasteiger partial charge in [0, 0.05) is 41.1 Å². The number of halogens is 2. The third-order valence-electron chi connectivity index (χ3n) is 5.49. The minimum Gasteiger partial charge on any atom is -0.379 e. The molecule has 4 nitrogen and oxygen atoms in total. The quantitative estimate of drug-likeness (QED) is 0.759. The molecule has 6 heteroatoms. The van der Waals surface area contributed by atoms with Crippen LogP contribution < -0.4 is 5.32 Å². The molecule has 2 aromatic rings. The molecule has 2 aliphatic rings. The second-order valence-electron chi connectivity index (χ2n) is 6.79. The molecule has 1 aliphatic carbocycles. The molecule has 1 spiro atoms. The number of ketones is 1. The zero-order valence-electron chi connectivity index (χ0n) is 14.1. The number of fused-ring (bicyclic) bond motifs is 2. The lowest BCUT2D eigenvalue weighted by Crippen LogP contribution is -2.55. The Hall–Kier alpha value is -1.69. The molecule has 1 N–H and O–H groups in total. The highest BCUT2D eigenvalue weighted by atomic mass is 79.9. The Kier molecular flexibility index (Phi) is 4.41. The lowest BCUT2D eigenvalue weighted by atomic mass is 9.59. The number of hydrogen-bond donors (Lipinski definition) is 1. The second kappa shape index (κ2) is 6.48. The first-order chi connectivity index (χ1) is 12.5. The van der Waals surface area contributed by atoms with E-state index in [0.29, 0.717) is 5.02 Å². The predicted molar refractivity (Wildman–Crippen MR) is 104 cm³/mol. The molecule has 0 radical (unpaired) electrons. The summed E-state index contributed by atoms with van der Waals surface area (Å²) in [6.07, 6.45) is -0.0326. The van der Waals surface area contributed by atoms with Crippen molar-refractivity contribution in [2.45, 2.75) is 30.3 Å². The highest BCUT2D eigenvalue weighted by Crippen LogP contribution is 2.55. The first-order valence-corrected chi connectivity index (χ1v) is 9.55. The van der Waals surface area contributed by atoms with Gasteiger partial charge in [-0.05, 0) is 35.4 Å². The fourth-order valence-corrected chi connectivity index (χ4v) is 4.99. The highest BCUT2D eigenvalue weighted by Gasteiger charge is 2.60. The Balaban J connectivity index is 1.97. The number of amides is 1. The summed E-state index contributed by atoms with van der Waals surface area (Å²) < 4.78 is 6.60. The molecular weight excluding hydrogens is 418 g/mol. The van der Waals surface area contributed by atoms with Gasteiger partial charge in [-0.15, -0.1) is 0 Å². The van der Waals surface area contributed by atoms with Crippen LogP contribution >= 0.6 is 27.5 Å². The van der Waals surface area contributed by atoms with Gasteiger partial charge in [-0.25, -0.2) is 0 Å². The summed E-state index contributed by atoms with van der Waals surface area (Å²) in [5, 5.41) is 3.58. The van der Waals surface area contributed by atoms with Crippen molar-refractivity contribution in [3.63, 3.8) is 0 Å². The zero-order chi connectivity index (χ0) is 18.5. The number of anilines is 1. The Morgan fingerprint density at radius 3 is 2.73 bits per heavy atom. The molecule has 1 unspecified atom stereocenters. The molecule has 1 fully saturated rings. The number of benzene rings is 2. The van der Waals surface area contributed by atoms with Crippen LogP contribution in [0.15, 0.2) is 46.9 Å². The van der Waals surface area contributed by atoms with Crippen LogP contribution in [-0.2, 0) is 19.7 Å². The van der Waals surface area contributed by atoms with Crippen molar-refractivity contribution in [3.05, 3.63) is 63.1 Å². The van der Waals surface area contributed by atoms with E-state index < -0.39 is 11.5 Å². The summed E-state index contributed by atoms with van der Waals surface area (Å²) in [5.74, 6) is -0.379. The van der Waals surface area contributed by atoms with Gasteiger partial charge in [0.25, 0.3) is 0 Å².